The lowest BCUT2D eigenvalue weighted by molar-refractivity contribution is -0.152. The molecule has 2 aromatic rings. The second-order valence-corrected chi connectivity index (χ2v) is 5.65. The van der Waals surface area contributed by atoms with Crippen LogP contribution in [0.5, 0.6) is 5.75 Å². The molecular weight excluding hydrogens is 339 g/mol. The second kappa shape index (κ2) is 8.20. The molecule has 0 aliphatic heterocycles. The highest BCUT2D eigenvalue weighted by Crippen LogP contribution is 2.25. The number of rotatable bonds is 6. The molecule has 0 N–H and O–H groups in total. The first-order chi connectivity index (χ1) is 11.0. The minimum Gasteiger partial charge on any atom is -0.489 e. The Morgan fingerprint density at radius 1 is 1.09 bits per heavy atom. The minimum atomic E-state index is -0.763. The third-order valence-electron chi connectivity index (χ3n) is 3.15. The SMILES string of the molecule is COC(=O)C(OC)c1cccc(COc2cc(Cl)cc(Cl)c2)c1. The molecule has 0 radical (unpaired) electrons. The number of hydrogen-bond acceptors (Lipinski definition) is 4. The van der Waals surface area contributed by atoms with E-state index in [2.05, 4.69) is 0 Å². The third-order valence-corrected chi connectivity index (χ3v) is 3.58. The van der Waals surface area contributed by atoms with Crippen LogP contribution < -0.4 is 4.74 Å². The van der Waals surface area contributed by atoms with Gasteiger partial charge in [-0.05, 0) is 35.4 Å². The molecule has 4 nitrogen and oxygen atoms in total. The van der Waals surface area contributed by atoms with Crippen molar-refractivity contribution >= 4 is 29.2 Å². The minimum absolute atomic E-state index is 0.308. The van der Waals surface area contributed by atoms with Crippen LogP contribution in [-0.4, -0.2) is 20.2 Å². The standard InChI is InChI=1S/C17H16Cl2O4/c1-21-16(17(20)22-2)12-5-3-4-11(6-12)10-23-15-8-13(18)7-14(19)9-15/h3-9,16H,10H2,1-2H3. The van der Waals surface area contributed by atoms with Gasteiger partial charge in [0, 0.05) is 17.2 Å². The van der Waals surface area contributed by atoms with E-state index < -0.39 is 12.1 Å². The Kier molecular flexibility index (Phi) is 6.28. The van der Waals surface area contributed by atoms with Gasteiger partial charge in [0.05, 0.1) is 7.11 Å². The maximum absolute atomic E-state index is 11.7. The van der Waals surface area contributed by atoms with E-state index in [0.29, 0.717) is 28.0 Å². The van der Waals surface area contributed by atoms with Crippen LogP contribution in [0.1, 0.15) is 17.2 Å². The summed E-state index contributed by atoms with van der Waals surface area (Å²) in [4.78, 5) is 11.7. The molecule has 0 aromatic heterocycles. The van der Waals surface area contributed by atoms with Crippen molar-refractivity contribution in [2.45, 2.75) is 12.7 Å². The molecule has 1 unspecified atom stereocenters. The van der Waals surface area contributed by atoms with Crippen molar-refractivity contribution in [2.75, 3.05) is 14.2 Å². The van der Waals surface area contributed by atoms with Gasteiger partial charge in [-0.2, -0.15) is 0 Å². The highest BCUT2D eigenvalue weighted by Gasteiger charge is 2.20. The lowest BCUT2D eigenvalue weighted by Gasteiger charge is -2.14. The zero-order valence-corrected chi connectivity index (χ0v) is 14.2. The van der Waals surface area contributed by atoms with Crippen LogP contribution in [0.25, 0.3) is 0 Å². The van der Waals surface area contributed by atoms with Gasteiger partial charge >= 0.3 is 5.97 Å². The number of carbonyl (C=O) groups excluding carboxylic acids is 1. The number of hydrogen-bond donors (Lipinski definition) is 0. The zero-order valence-electron chi connectivity index (χ0n) is 12.7. The number of esters is 1. The zero-order chi connectivity index (χ0) is 16.8. The van der Waals surface area contributed by atoms with Gasteiger partial charge in [-0.3, -0.25) is 0 Å². The summed E-state index contributed by atoms with van der Waals surface area (Å²) in [5.74, 6) is 0.122. The molecule has 6 heteroatoms. The van der Waals surface area contributed by atoms with E-state index >= 15 is 0 Å². The van der Waals surface area contributed by atoms with Gasteiger partial charge in [0.2, 0.25) is 0 Å². The molecule has 0 bridgehead atoms. The second-order valence-electron chi connectivity index (χ2n) is 4.78. The van der Waals surface area contributed by atoms with Gasteiger partial charge in [0.15, 0.2) is 6.10 Å². The van der Waals surface area contributed by atoms with Gasteiger partial charge in [-0.1, -0.05) is 41.4 Å². The first-order valence-corrected chi connectivity index (χ1v) is 7.57. The first kappa shape index (κ1) is 17.6. The molecule has 0 fully saturated rings. The average molecular weight is 355 g/mol. The smallest absolute Gasteiger partial charge is 0.339 e. The molecule has 0 spiro atoms. The maximum atomic E-state index is 11.7. The number of methoxy groups -OCH3 is 2. The van der Waals surface area contributed by atoms with Crippen LogP contribution in [0.3, 0.4) is 0 Å². The lowest BCUT2D eigenvalue weighted by Crippen LogP contribution is -2.16. The van der Waals surface area contributed by atoms with Crippen LogP contribution in [0.15, 0.2) is 42.5 Å². The van der Waals surface area contributed by atoms with Crippen LogP contribution in [-0.2, 0) is 20.9 Å². The molecule has 0 saturated carbocycles. The van der Waals surface area contributed by atoms with Gasteiger partial charge in [-0.15, -0.1) is 0 Å². The molecule has 0 heterocycles. The van der Waals surface area contributed by atoms with Gasteiger partial charge in [0.25, 0.3) is 0 Å². The van der Waals surface area contributed by atoms with E-state index in [9.17, 15) is 4.79 Å². The maximum Gasteiger partial charge on any atom is 0.339 e. The normalized spacial score (nSPS) is 11.8. The monoisotopic (exact) mass is 354 g/mol. The predicted molar refractivity (Wildman–Crippen MR) is 89.0 cm³/mol. The highest BCUT2D eigenvalue weighted by atomic mass is 35.5. The lowest BCUT2D eigenvalue weighted by atomic mass is 10.1. The summed E-state index contributed by atoms with van der Waals surface area (Å²) < 4.78 is 15.6. The van der Waals surface area contributed by atoms with Crippen molar-refractivity contribution in [3.05, 3.63) is 63.6 Å². The van der Waals surface area contributed by atoms with Gasteiger partial charge in [-0.25, -0.2) is 4.79 Å². The van der Waals surface area contributed by atoms with Crippen molar-refractivity contribution in [1.29, 1.82) is 0 Å². The third kappa shape index (κ3) is 4.86. The summed E-state index contributed by atoms with van der Waals surface area (Å²) in [6, 6.07) is 12.3. The molecular formula is C17H16Cl2O4. The molecule has 2 rings (SSSR count). The highest BCUT2D eigenvalue weighted by molar-refractivity contribution is 6.34. The van der Waals surface area contributed by atoms with Crippen molar-refractivity contribution in [3.63, 3.8) is 0 Å². The van der Waals surface area contributed by atoms with Crippen LogP contribution in [0.2, 0.25) is 10.0 Å². The van der Waals surface area contributed by atoms with Gasteiger partial charge in [0.1, 0.15) is 12.4 Å². The van der Waals surface area contributed by atoms with E-state index in [4.69, 9.17) is 37.4 Å². The van der Waals surface area contributed by atoms with Crippen LogP contribution >= 0.6 is 23.2 Å². The van der Waals surface area contributed by atoms with E-state index in [-0.39, 0.29) is 0 Å². The number of ether oxygens (including phenoxy) is 3. The number of halogens is 2. The van der Waals surface area contributed by atoms with Crippen LogP contribution in [0, 0.1) is 0 Å². The Bertz CT molecular complexity index is 668. The summed E-state index contributed by atoms with van der Waals surface area (Å²) in [7, 11) is 2.78. The fourth-order valence-electron chi connectivity index (χ4n) is 2.10. The molecule has 0 aliphatic rings. The molecule has 0 amide bonds. The summed E-state index contributed by atoms with van der Waals surface area (Å²) in [5, 5.41) is 1.01. The quantitative estimate of drug-likeness (QED) is 0.719. The molecule has 122 valence electrons. The van der Waals surface area contributed by atoms with Gasteiger partial charge < -0.3 is 14.2 Å². The van der Waals surface area contributed by atoms with Crippen molar-refractivity contribution in [1.82, 2.24) is 0 Å². The van der Waals surface area contributed by atoms with E-state index in [1.165, 1.54) is 14.2 Å². The van der Waals surface area contributed by atoms with Crippen molar-refractivity contribution in [2.24, 2.45) is 0 Å². The van der Waals surface area contributed by atoms with E-state index in [1.807, 2.05) is 18.2 Å². The topological polar surface area (TPSA) is 44.8 Å². The molecule has 2 aromatic carbocycles. The Labute approximate surface area is 144 Å². The number of carbonyl (C=O) groups is 1. The van der Waals surface area contributed by atoms with Crippen LogP contribution in [0.4, 0.5) is 0 Å². The summed E-state index contributed by atoms with van der Waals surface area (Å²) in [6.45, 7) is 0.308. The fraction of sp³-hybridized carbons (Fsp3) is 0.235. The Morgan fingerprint density at radius 2 is 1.78 bits per heavy atom. The van der Waals surface area contributed by atoms with E-state index in [1.54, 1.807) is 24.3 Å². The summed E-state index contributed by atoms with van der Waals surface area (Å²) in [6.07, 6.45) is -0.763. The largest absolute Gasteiger partial charge is 0.489 e. The predicted octanol–water partition coefficient (Wildman–Crippen LogP) is 4.43. The Balaban J connectivity index is 2.12. The molecule has 0 saturated heterocycles. The van der Waals surface area contributed by atoms with Crippen molar-refractivity contribution in [3.8, 4) is 5.75 Å². The molecule has 23 heavy (non-hydrogen) atoms. The van der Waals surface area contributed by atoms with E-state index in [0.717, 1.165) is 5.56 Å². The average Bonchev–Trinajstić information content (AvgIpc) is 2.53. The summed E-state index contributed by atoms with van der Waals surface area (Å²) in [5.41, 5.74) is 1.58. The molecule has 0 aliphatic carbocycles. The molecule has 1 atom stereocenters. The van der Waals surface area contributed by atoms with Crippen molar-refractivity contribution < 1.29 is 19.0 Å². The fourth-order valence-corrected chi connectivity index (χ4v) is 2.61. The summed E-state index contributed by atoms with van der Waals surface area (Å²) >= 11 is 11.9. The Morgan fingerprint density at radius 3 is 2.39 bits per heavy atom. The Hall–Kier alpha value is -1.75. The number of benzene rings is 2. The first-order valence-electron chi connectivity index (χ1n) is 6.82.